The maximum absolute atomic E-state index is 2.76. The molecule has 1 aliphatic heterocycles. The second-order valence-corrected chi connectivity index (χ2v) is 15.0. The Labute approximate surface area is 124 Å². The molecule has 2 aromatic rings. The summed E-state index contributed by atoms with van der Waals surface area (Å²) in [5.41, 5.74) is 2.79. The molecular formula is C16H22N2Si2. The van der Waals surface area contributed by atoms with Gasteiger partial charge in [0.05, 0.1) is 0 Å². The van der Waals surface area contributed by atoms with Gasteiger partial charge in [0.25, 0.3) is 0 Å². The predicted octanol–water partition coefficient (Wildman–Crippen LogP) is 4.42. The minimum absolute atomic E-state index is 1.40. The molecule has 0 unspecified atom stereocenters. The van der Waals surface area contributed by atoms with Crippen LogP contribution in [0, 0.1) is 0 Å². The lowest BCUT2D eigenvalue weighted by Crippen LogP contribution is -2.91. The van der Waals surface area contributed by atoms with Crippen LogP contribution in [0.4, 0.5) is 11.4 Å². The maximum Gasteiger partial charge on any atom is 0.244 e. The topological polar surface area (TPSA) is 6.48 Å². The summed E-state index contributed by atoms with van der Waals surface area (Å²) in [5.74, 6) is 0. The molecule has 4 heteroatoms. The molecule has 1 saturated heterocycles. The summed E-state index contributed by atoms with van der Waals surface area (Å²) >= 11 is 0. The number of nitrogens with zero attached hydrogens (tertiary/aromatic N) is 2. The third-order valence-corrected chi connectivity index (χ3v) is 16.2. The summed E-state index contributed by atoms with van der Waals surface area (Å²) < 4.78 is 5.51. The average Bonchev–Trinajstić information content (AvgIpc) is 2.39. The Bertz CT molecular complexity index is 529. The van der Waals surface area contributed by atoms with E-state index in [2.05, 4.69) is 95.3 Å². The van der Waals surface area contributed by atoms with Crippen molar-refractivity contribution in [1.82, 2.24) is 0 Å². The molecule has 0 amide bonds. The molecule has 1 heterocycles. The zero-order valence-corrected chi connectivity index (χ0v) is 14.7. The van der Waals surface area contributed by atoms with Crippen LogP contribution < -0.4 is 8.46 Å². The van der Waals surface area contributed by atoms with E-state index in [-0.39, 0.29) is 0 Å². The predicted molar refractivity (Wildman–Crippen MR) is 92.8 cm³/mol. The van der Waals surface area contributed by atoms with E-state index < -0.39 is 16.8 Å². The lowest BCUT2D eigenvalue weighted by molar-refractivity contribution is 1.15. The van der Waals surface area contributed by atoms with Gasteiger partial charge >= 0.3 is 0 Å². The molecule has 0 atom stereocenters. The quantitative estimate of drug-likeness (QED) is 0.757. The molecule has 1 aliphatic rings. The first-order valence-electron chi connectivity index (χ1n) is 7.16. The third-order valence-electron chi connectivity index (χ3n) is 4.22. The highest BCUT2D eigenvalue weighted by molar-refractivity contribution is 7.20. The van der Waals surface area contributed by atoms with Gasteiger partial charge in [-0.3, -0.25) is 0 Å². The smallest absolute Gasteiger partial charge is 0.244 e. The van der Waals surface area contributed by atoms with Crippen LogP contribution in [0.25, 0.3) is 0 Å². The van der Waals surface area contributed by atoms with E-state index in [9.17, 15) is 0 Å². The van der Waals surface area contributed by atoms with E-state index in [0.29, 0.717) is 0 Å². The summed E-state index contributed by atoms with van der Waals surface area (Å²) in [5, 5.41) is 0. The Morgan fingerprint density at radius 3 is 1.15 bits per heavy atom. The monoisotopic (exact) mass is 298 g/mol. The van der Waals surface area contributed by atoms with Gasteiger partial charge in [0, 0.05) is 11.4 Å². The standard InChI is InChI=1S/C16H22N2Si2/c1-19(2)17(15-11-7-5-8-12-15)20(3,4)18(19)16-13-9-6-10-14-16/h5-14H,1-4H3. The summed E-state index contributed by atoms with van der Waals surface area (Å²) in [7, 11) is -3.20. The van der Waals surface area contributed by atoms with Crippen LogP contribution in [0.3, 0.4) is 0 Å². The fourth-order valence-corrected chi connectivity index (χ4v) is 18.7. The van der Waals surface area contributed by atoms with Crippen molar-refractivity contribution in [3.8, 4) is 0 Å². The van der Waals surface area contributed by atoms with Crippen molar-refractivity contribution < 1.29 is 0 Å². The number of hydrogen-bond donors (Lipinski definition) is 0. The molecule has 2 nitrogen and oxygen atoms in total. The Morgan fingerprint density at radius 2 is 0.850 bits per heavy atom. The van der Waals surface area contributed by atoms with Crippen molar-refractivity contribution in [2.24, 2.45) is 0 Å². The highest BCUT2D eigenvalue weighted by Gasteiger charge is 2.61. The first-order chi connectivity index (χ1) is 9.45. The van der Waals surface area contributed by atoms with Crippen molar-refractivity contribution in [1.29, 1.82) is 0 Å². The Balaban J connectivity index is 2.02. The van der Waals surface area contributed by atoms with Gasteiger partial charge in [-0.05, 0) is 50.5 Å². The lowest BCUT2D eigenvalue weighted by Gasteiger charge is -2.69. The number of anilines is 2. The van der Waals surface area contributed by atoms with Gasteiger partial charge in [-0.25, -0.2) is 0 Å². The van der Waals surface area contributed by atoms with Crippen molar-refractivity contribution in [3.63, 3.8) is 0 Å². The number of rotatable bonds is 2. The van der Waals surface area contributed by atoms with Gasteiger partial charge in [-0.15, -0.1) is 0 Å². The fourth-order valence-electron chi connectivity index (χ4n) is 3.91. The molecule has 0 saturated carbocycles. The summed E-state index contributed by atoms with van der Waals surface area (Å²) in [4.78, 5) is 0. The highest BCUT2D eigenvalue weighted by atomic mass is 28.5. The van der Waals surface area contributed by atoms with E-state index in [4.69, 9.17) is 0 Å². The van der Waals surface area contributed by atoms with Crippen LogP contribution in [0.2, 0.25) is 26.2 Å². The first kappa shape index (κ1) is 13.5. The van der Waals surface area contributed by atoms with E-state index in [1.807, 2.05) is 0 Å². The van der Waals surface area contributed by atoms with Gasteiger partial charge < -0.3 is 8.46 Å². The largest absolute Gasteiger partial charge is 0.393 e. The number of para-hydroxylation sites is 2. The molecule has 0 bridgehead atoms. The fraction of sp³-hybridized carbons (Fsp3) is 0.250. The molecule has 0 aliphatic carbocycles. The van der Waals surface area contributed by atoms with Crippen molar-refractivity contribution >= 4 is 28.2 Å². The second-order valence-electron chi connectivity index (χ2n) is 6.33. The third kappa shape index (κ3) is 1.83. The second kappa shape index (κ2) is 4.50. The number of benzene rings is 2. The van der Waals surface area contributed by atoms with Crippen molar-refractivity contribution in [3.05, 3.63) is 60.7 Å². The Kier molecular flexibility index (Phi) is 3.03. The normalized spacial score (nSPS) is 19.6. The average molecular weight is 299 g/mol. The molecule has 0 N–H and O–H groups in total. The SMILES string of the molecule is C[Si]1(C)N(c2ccccc2)[Si](C)(C)N1c1ccccc1. The zero-order chi connectivity index (χ0) is 14.4. The van der Waals surface area contributed by atoms with E-state index in [0.717, 1.165) is 0 Å². The van der Waals surface area contributed by atoms with E-state index in [1.165, 1.54) is 11.4 Å². The molecule has 0 spiro atoms. The van der Waals surface area contributed by atoms with Gasteiger partial charge in [-0.2, -0.15) is 0 Å². The maximum atomic E-state index is 2.76. The molecular weight excluding hydrogens is 276 g/mol. The van der Waals surface area contributed by atoms with Crippen molar-refractivity contribution in [2.75, 3.05) is 8.46 Å². The molecule has 20 heavy (non-hydrogen) atoms. The van der Waals surface area contributed by atoms with Gasteiger partial charge in [0.1, 0.15) is 0 Å². The molecule has 104 valence electrons. The van der Waals surface area contributed by atoms with Crippen molar-refractivity contribution in [2.45, 2.75) is 26.2 Å². The van der Waals surface area contributed by atoms with Crippen LogP contribution in [0.15, 0.2) is 60.7 Å². The van der Waals surface area contributed by atoms with Crippen LogP contribution in [0.5, 0.6) is 0 Å². The zero-order valence-electron chi connectivity index (χ0n) is 12.7. The van der Waals surface area contributed by atoms with E-state index >= 15 is 0 Å². The van der Waals surface area contributed by atoms with Gasteiger partial charge in [-0.1, -0.05) is 36.4 Å². The van der Waals surface area contributed by atoms with Crippen LogP contribution >= 0.6 is 0 Å². The highest BCUT2D eigenvalue weighted by Crippen LogP contribution is 2.44. The summed E-state index contributed by atoms with van der Waals surface area (Å²) in [6.45, 7) is 9.80. The minimum Gasteiger partial charge on any atom is -0.393 e. The summed E-state index contributed by atoms with van der Waals surface area (Å²) in [6.07, 6.45) is 0. The first-order valence-corrected chi connectivity index (χ1v) is 13.0. The minimum atomic E-state index is -1.60. The molecule has 2 aromatic carbocycles. The lowest BCUT2D eigenvalue weighted by atomic mass is 10.3. The van der Waals surface area contributed by atoms with Crippen LogP contribution in [-0.4, -0.2) is 16.8 Å². The van der Waals surface area contributed by atoms with Crippen LogP contribution in [-0.2, 0) is 0 Å². The molecule has 0 radical (unpaired) electrons. The van der Waals surface area contributed by atoms with Gasteiger partial charge in [0.15, 0.2) is 0 Å². The van der Waals surface area contributed by atoms with Crippen LogP contribution in [0.1, 0.15) is 0 Å². The molecule has 0 aromatic heterocycles. The van der Waals surface area contributed by atoms with Gasteiger partial charge in [0.2, 0.25) is 16.8 Å². The Morgan fingerprint density at radius 1 is 0.550 bits per heavy atom. The summed E-state index contributed by atoms with van der Waals surface area (Å²) in [6, 6.07) is 21.8. The molecule has 3 rings (SSSR count). The van der Waals surface area contributed by atoms with E-state index in [1.54, 1.807) is 0 Å². The number of hydrogen-bond acceptors (Lipinski definition) is 2. The molecule has 1 fully saturated rings. The Hall–Kier alpha value is -1.53.